The topological polar surface area (TPSA) is 198 Å². The molecule has 0 unspecified atom stereocenters. The highest BCUT2D eigenvalue weighted by Crippen LogP contribution is 2.09. The van der Waals surface area contributed by atoms with E-state index in [2.05, 4.69) is 21.3 Å². The van der Waals surface area contributed by atoms with Crippen molar-refractivity contribution in [3.8, 4) is 0 Å². The zero-order chi connectivity index (χ0) is 31.3. The van der Waals surface area contributed by atoms with Crippen molar-refractivity contribution in [2.75, 3.05) is 19.7 Å². The number of hydrogen-bond acceptors (Lipinski definition) is 8. The highest BCUT2D eigenvalue weighted by atomic mass is 16.5. The van der Waals surface area contributed by atoms with Gasteiger partial charge in [-0.3, -0.25) is 4.79 Å². The van der Waals surface area contributed by atoms with Crippen LogP contribution in [0.15, 0.2) is 30.3 Å². The van der Waals surface area contributed by atoms with Crippen molar-refractivity contribution in [1.82, 2.24) is 21.3 Å². The predicted molar refractivity (Wildman–Crippen MR) is 156 cm³/mol. The Balaban J connectivity index is 2.77. The van der Waals surface area contributed by atoms with Crippen molar-refractivity contribution in [3.05, 3.63) is 35.9 Å². The van der Waals surface area contributed by atoms with Crippen molar-refractivity contribution in [2.45, 2.75) is 90.4 Å². The van der Waals surface area contributed by atoms with Crippen molar-refractivity contribution >= 4 is 30.0 Å². The Labute approximate surface area is 247 Å². The zero-order valence-corrected chi connectivity index (χ0v) is 24.9. The van der Waals surface area contributed by atoms with Gasteiger partial charge in [-0.2, -0.15) is 0 Å². The summed E-state index contributed by atoms with van der Waals surface area (Å²) in [6.07, 6.45) is 2.12. The van der Waals surface area contributed by atoms with Crippen LogP contribution in [-0.2, 0) is 30.5 Å². The summed E-state index contributed by atoms with van der Waals surface area (Å²) in [6, 6.07) is 5.28. The Morgan fingerprint density at radius 2 is 1.50 bits per heavy atom. The van der Waals surface area contributed by atoms with Crippen molar-refractivity contribution in [2.24, 2.45) is 11.7 Å². The van der Waals surface area contributed by atoms with Gasteiger partial charge in [-0.1, -0.05) is 44.2 Å². The molecule has 0 heterocycles. The van der Waals surface area contributed by atoms with E-state index in [0.717, 1.165) is 5.56 Å². The molecule has 13 heteroatoms. The fourth-order valence-corrected chi connectivity index (χ4v) is 4.02. The van der Waals surface area contributed by atoms with Gasteiger partial charge < -0.3 is 41.6 Å². The number of carboxylic acid groups (broad SMARTS) is 1. The van der Waals surface area contributed by atoms with Crippen LogP contribution in [0.1, 0.15) is 71.3 Å². The average Bonchev–Trinajstić information content (AvgIpc) is 2.94. The standard InChI is InChI=1S/C29H47N5O8/c1-4-41-27(38)24(18-20(2)3)32-25(35)22(33-28(39)34-23(26(36)37)15-8-10-16-30)14-9-11-17-31-29(40)42-19-21-12-6-5-7-13-21/h5-7,12-13,20,22-24H,4,8-11,14-19,30H2,1-3H3,(H,31,40)(H,32,35)(H,36,37)(H2,33,34,39)/t22-,23+,24+/m1/s1. The summed E-state index contributed by atoms with van der Waals surface area (Å²) in [4.78, 5) is 62.0. The third-order valence-corrected chi connectivity index (χ3v) is 6.17. The van der Waals surface area contributed by atoms with Gasteiger partial charge >= 0.3 is 24.1 Å². The van der Waals surface area contributed by atoms with Crippen LogP contribution in [0.5, 0.6) is 0 Å². The van der Waals surface area contributed by atoms with E-state index in [1.165, 1.54) is 0 Å². The third-order valence-electron chi connectivity index (χ3n) is 6.17. The normalized spacial score (nSPS) is 12.9. The number of aliphatic carboxylic acids is 1. The van der Waals surface area contributed by atoms with Crippen molar-refractivity contribution in [3.63, 3.8) is 0 Å². The second-order valence-corrected chi connectivity index (χ2v) is 10.3. The molecule has 0 aliphatic carbocycles. The molecule has 0 radical (unpaired) electrons. The number of nitrogens with two attached hydrogens (primary N) is 1. The molecule has 3 atom stereocenters. The summed E-state index contributed by atoms with van der Waals surface area (Å²) in [6.45, 7) is 6.42. The van der Waals surface area contributed by atoms with Gasteiger partial charge in [-0.25, -0.2) is 19.2 Å². The summed E-state index contributed by atoms with van der Waals surface area (Å²) >= 11 is 0. The van der Waals surface area contributed by atoms with Gasteiger partial charge in [0.2, 0.25) is 5.91 Å². The molecule has 0 saturated carbocycles. The number of rotatable bonds is 20. The Kier molecular flexibility index (Phi) is 18.0. The Morgan fingerprint density at radius 3 is 2.12 bits per heavy atom. The lowest BCUT2D eigenvalue weighted by molar-refractivity contribution is -0.148. The molecule has 0 saturated heterocycles. The van der Waals surface area contributed by atoms with E-state index in [-0.39, 0.29) is 38.5 Å². The summed E-state index contributed by atoms with van der Waals surface area (Å²) in [7, 11) is 0. The van der Waals surface area contributed by atoms with Gasteiger partial charge in [0, 0.05) is 6.54 Å². The summed E-state index contributed by atoms with van der Waals surface area (Å²) in [5.41, 5.74) is 6.33. The number of alkyl carbamates (subject to hydrolysis) is 1. The van der Waals surface area contributed by atoms with E-state index in [1.807, 2.05) is 44.2 Å². The number of amides is 4. The molecule has 42 heavy (non-hydrogen) atoms. The van der Waals surface area contributed by atoms with E-state index in [9.17, 15) is 29.1 Å². The Morgan fingerprint density at radius 1 is 0.857 bits per heavy atom. The first-order valence-corrected chi connectivity index (χ1v) is 14.5. The number of unbranched alkanes of at least 4 members (excludes halogenated alkanes) is 2. The number of carbonyl (C=O) groups is 5. The molecule has 7 N–H and O–H groups in total. The largest absolute Gasteiger partial charge is 0.480 e. The fraction of sp³-hybridized carbons (Fsp3) is 0.621. The van der Waals surface area contributed by atoms with Crippen LogP contribution in [0.4, 0.5) is 9.59 Å². The summed E-state index contributed by atoms with van der Waals surface area (Å²) < 4.78 is 10.3. The van der Waals surface area contributed by atoms with Crippen molar-refractivity contribution in [1.29, 1.82) is 0 Å². The molecular formula is C29H47N5O8. The number of urea groups is 1. The molecule has 0 aliphatic rings. The first-order valence-electron chi connectivity index (χ1n) is 14.5. The highest BCUT2D eigenvalue weighted by molar-refractivity contribution is 5.91. The van der Waals surface area contributed by atoms with Gasteiger partial charge in [0.1, 0.15) is 24.7 Å². The fourth-order valence-electron chi connectivity index (χ4n) is 4.02. The number of benzene rings is 1. The SMILES string of the molecule is CCOC(=O)[C@H](CC(C)C)NC(=O)[C@@H](CCCCNC(=O)OCc1ccccc1)NC(=O)N[C@@H](CCCCN)C(=O)O. The third kappa shape index (κ3) is 15.8. The summed E-state index contributed by atoms with van der Waals surface area (Å²) in [5.74, 6) is -2.31. The van der Waals surface area contributed by atoms with Crippen LogP contribution in [0, 0.1) is 5.92 Å². The molecule has 1 rings (SSSR count). The van der Waals surface area contributed by atoms with E-state index in [0.29, 0.717) is 38.6 Å². The van der Waals surface area contributed by atoms with Crippen LogP contribution in [0.3, 0.4) is 0 Å². The second kappa shape index (κ2) is 20.9. The lowest BCUT2D eigenvalue weighted by Crippen LogP contribution is -2.55. The molecule has 0 bridgehead atoms. The smallest absolute Gasteiger partial charge is 0.407 e. The maximum Gasteiger partial charge on any atom is 0.407 e. The van der Waals surface area contributed by atoms with Gasteiger partial charge in [0.05, 0.1) is 6.61 Å². The van der Waals surface area contributed by atoms with Crippen LogP contribution in [-0.4, -0.2) is 72.9 Å². The molecule has 0 fully saturated rings. The number of carboxylic acids is 1. The number of hydrogen-bond donors (Lipinski definition) is 6. The van der Waals surface area contributed by atoms with E-state index in [1.54, 1.807) is 6.92 Å². The second-order valence-electron chi connectivity index (χ2n) is 10.3. The highest BCUT2D eigenvalue weighted by Gasteiger charge is 2.29. The average molecular weight is 594 g/mol. The molecule has 0 spiro atoms. The predicted octanol–water partition coefficient (Wildman–Crippen LogP) is 2.43. The molecule has 0 aromatic heterocycles. The lowest BCUT2D eigenvalue weighted by atomic mass is 10.0. The monoisotopic (exact) mass is 593 g/mol. The van der Waals surface area contributed by atoms with E-state index >= 15 is 0 Å². The van der Waals surface area contributed by atoms with Crippen LogP contribution in [0.2, 0.25) is 0 Å². The maximum absolute atomic E-state index is 13.2. The number of carbonyl (C=O) groups excluding carboxylic acids is 4. The van der Waals surface area contributed by atoms with Gasteiger partial charge in [0.25, 0.3) is 0 Å². The number of esters is 1. The quantitative estimate of drug-likeness (QED) is 0.0971. The molecule has 236 valence electrons. The Bertz CT molecular complexity index is 976. The van der Waals surface area contributed by atoms with Gasteiger partial charge in [0.15, 0.2) is 0 Å². The van der Waals surface area contributed by atoms with E-state index < -0.39 is 48.1 Å². The van der Waals surface area contributed by atoms with Crippen LogP contribution >= 0.6 is 0 Å². The Hall–Kier alpha value is -3.87. The van der Waals surface area contributed by atoms with Crippen LogP contribution in [0.25, 0.3) is 0 Å². The minimum Gasteiger partial charge on any atom is -0.480 e. The lowest BCUT2D eigenvalue weighted by Gasteiger charge is -2.24. The molecular weight excluding hydrogens is 546 g/mol. The van der Waals surface area contributed by atoms with Crippen LogP contribution < -0.4 is 27.0 Å². The van der Waals surface area contributed by atoms with Gasteiger partial charge in [-0.15, -0.1) is 0 Å². The molecule has 13 nitrogen and oxygen atoms in total. The molecule has 4 amide bonds. The molecule has 0 aliphatic heterocycles. The maximum atomic E-state index is 13.2. The first-order chi connectivity index (χ1) is 20.1. The zero-order valence-electron chi connectivity index (χ0n) is 24.9. The van der Waals surface area contributed by atoms with E-state index in [4.69, 9.17) is 15.2 Å². The minimum atomic E-state index is -1.20. The molecule has 1 aromatic rings. The molecule has 1 aromatic carbocycles. The number of nitrogens with one attached hydrogen (secondary N) is 4. The van der Waals surface area contributed by atoms with Crippen molar-refractivity contribution < 1.29 is 38.6 Å². The first kappa shape index (κ1) is 36.2. The minimum absolute atomic E-state index is 0.0759. The number of ether oxygens (including phenoxy) is 2. The summed E-state index contributed by atoms with van der Waals surface area (Å²) in [5, 5.41) is 19.7. The van der Waals surface area contributed by atoms with Gasteiger partial charge in [-0.05, 0) is 69.9 Å².